The Balaban J connectivity index is 1.93. The Morgan fingerprint density at radius 3 is 3.11 bits per heavy atom. The Hall–Kier alpha value is -1.53. The number of amides is 1. The van der Waals surface area contributed by atoms with Gasteiger partial charge >= 0.3 is 5.97 Å². The maximum absolute atomic E-state index is 12.3. The second-order valence-corrected chi connectivity index (χ2v) is 5.55. The van der Waals surface area contributed by atoms with Gasteiger partial charge < -0.3 is 10.1 Å². The van der Waals surface area contributed by atoms with Crippen molar-refractivity contribution in [3.05, 3.63) is 29.8 Å². The van der Waals surface area contributed by atoms with E-state index >= 15 is 0 Å². The molecule has 4 rings (SSSR count). The smallest absolute Gasteiger partial charge is 0.326 e. The van der Waals surface area contributed by atoms with Gasteiger partial charge in [0, 0.05) is 17.2 Å². The van der Waals surface area contributed by atoms with Crippen molar-refractivity contribution >= 4 is 29.3 Å². The minimum Gasteiger partial charge on any atom is -0.428 e. The third-order valence-electron chi connectivity index (χ3n) is 3.66. The molecule has 18 heavy (non-hydrogen) atoms. The zero-order valence-corrected chi connectivity index (χ0v) is 10.2. The first-order chi connectivity index (χ1) is 8.73. The molecule has 0 aliphatic carbocycles. The third kappa shape index (κ3) is 1.03. The summed E-state index contributed by atoms with van der Waals surface area (Å²) in [6.45, 7) is 0. The molecule has 0 bridgehead atoms. The highest BCUT2D eigenvalue weighted by atomic mass is 32.2. The van der Waals surface area contributed by atoms with Crippen LogP contribution in [0.5, 0.6) is 0 Å². The number of rotatable bonds is 0. The zero-order chi connectivity index (χ0) is 12.3. The van der Waals surface area contributed by atoms with Crippen molar-refractivity contribution in [2.24, 2.45) is 0 Å². The number of para-hydroxylation sites is 1. The van der Waals surface area contributed by atoms with Gasteiger partial charge in [-0.25, -0.2) is 4.90 Å². The molecule has 1 aromatic rings. The Morgan fingerprint density at radius 2 is 2.22 bits per heavy atom. The summed E-state index contributed by atoms with van der Waals surface area (Å²) in [5.41, 5.74) is 0.239. The van der Waals surface area contributed by atoms with Crippen LogP contribution in [0.25, 0.3) is 0 Å². The van der Waals surface area contributed by atoms with Gasteiger partial charge in [0.25, 0.3) is 11.6 Å². The highest BCUT2D eigenvalue weighted by molar-refractivity contribution is 7.99. The standard InChI is InChI=1S/C12H10N2O3S/c15-10-9-5-18-6-14(9)12(17-10)7-3-1-2-4-8(7)13-11(12)16/h1-4,9H,5-6H2,(H,13,16)/t9-,12-/m0/s1. The summed E-state index contributed by atoms with van der Waals surface area (Å²) in [4.78, 5) is 26.1. The molecule has 1 amide bonds. The minimum atomic E-state index is -1.23. The monoisotopic (exact) mass is 262 g/mol. The topological polar surface area (TPSA) is 58.6 Å². The molecule has 2 saturated heterocycles. The number of ether oxygens (including phenoxy) is 1. The first-order valence-electron chi connectivity index (χ1n) is 5.72. The van der Waals surface area contributed by atoms with Gasteiger partial charge in [0.15, 0.2) is 0 Å². The average Bonchev–Trinajstić information content (AvgIpc) is 3.00. The summed E-state index contributed by atoms with van der Waals surface area (Å²) in [6, 6.07) is 7.07. The van der Waals surface area contributed by atoms with Gasteiger partial charge in [0.2, 0.25) is 0 Å². The van der Waals surface area contributed by atoms with Crippen LogP contribution in [-0.4, -0.2) is 34.4 Å². The number of hydrogen-bond acceptors (Lipinski definition) is 5. The lowest BCUT2D eigenvalue weighted by molar-refractivity contribution is -0.164. The van der Waals surface area contributed by atoms with Gasteiger partial charge in [0.1, 0.15) is 6.04 Å². The van der Waals surface area contributed by atoms with Gasteiger partial charge in [-0.15, -0.1) is 11.8 Å². The fourth-order valence-electron chi connectivity index (χ4n) is 2.82. The molecule has 3 aliphatic rings. The summed E-state index contributed by atoms with van der Waals surface area (Å²) >= 11 is 1.65. The molecule has 2 fully saturated rings. The molecule has 92 valence electrons. The Morgan fingerprint density at radius 1 is 1.39 bits per heavy atom. The SMILES string of the molecule is O=C1O[C@@]2(C(=O)Nc3ccccc32)N2CSC[C@@H]12. The number of hydrogen-bond donors (Lipinski definition) is 1. The largest absolute Gasteiger partial charge is 0.428 e. The van der Waals surface area contributed by atoms with E-state index in [4.69, 9.17) is 4.74 Å². The maximum Gasteiger partial charge on any atom is 0.326 e. The third-order valence-corrected chi connectivity index (χ3v) is 4.67. The number of benzene rings is 1. The molecule has 0 aromatic heterocycles. The number of thioether (sulfide) groups is 1. The van der Waals surface area contributed by atoms with Gasteiger partial charge in [-0.1, -0.05) is 18.2 Å². The molecule has 1 N–H and O–H groups in total. The molecule has 3 aliphatic heterocycles. The number of fused-ring (bicyclic) bond motifs is 4. The van der Waals surface area contributed by atoms with Gasteiger partial charge in [-0.05, 0) is 6.07 Å². The summed E-state index contributed by atoms with van der Waals surface area (Å²) in [6.07, 6.45) is 0. The van der Waals surface area contributed by atoms with E-state index in [1.165, 1.54) is 0 Å². The second-order valence-electron chi connectivity index (χ2n) is 4.55. The average molecular weight is 262 g/mol. The van der Waals surface area contributed by atoms with Crippen molar-refractivity contribution in [1.82, 2.24) is 4.90 Å². The van der Waals surface area contributed by atoms with Crippen molar-refractivity contribution in [2.75, 3.05) is 16.9 Å². The van der Waals surface area contributed by atoms with Gasteiger partial charge in [0.05, 0.1) is 5.69 Å². The van der Waals surface area contributed by atoms with E-state index in [-0.39, 0.29) is 17.9 Å². The van der Waals surface area contributed by atoms with E-state index in [2.05, 4.69) is 5.32 Å². The first-order valence-corrected chi connectivity index (χ1v) is 6.87. The molecule has 6 heteroatoms. The van der Waals surface area contributed by atoms with Gasteiger partial charge in [-0.2, -0.15) is 0 Å². The minimum absolute atomic E-state index is 0.262. The first kappa shape index (κ1) is 10.4. The zero-order valence-electron chi connectivity index (χ0n) is 9.38. The van der Waals surface area contributed by atoms with Crippen molar-refractivity contribution in [3.63, 3.8) is 0 Å². The number of nitrogens with one attached hydrogen (secondary N) is 1. The number of esters is 1. The van der Waals surface area contributed by atoms with Crippen molar-refractivity contribution in [2.45, 2.75) is 11.8 Å². The van der Waals surface area contributed by atoms with Crippen molar-refractivity contribution < 1.29 is 14.3 Å². The second kappa shape index (κ2) is 3.27. The highest BCUT2D eigenvalue weighted by Gasteiger charge is 2.64. The summed E-state index contributed by atoms with van der Waals surface area (Å²) in [5, 5.41) is 2.80. The molecule has 5 nitrogen and oxygen atoms in total. The van der Waals surface area contributed by atoms with Crippen LogP contribution in [0.4, 0.5) is 5.69 Å². The Bertz CT molecular complexity index is 576. The van der Waals surface area contributed by atoms with E-state index in [0.29, 0.717) is 11.6 Å². The van der Waals surface area contributed by atoms with Crippen LogP contribution < -0.4 is 5.32 Å². The fraction of sp³-hybridized carbons (Fsp3) is 0.333. The van der Waals surface area contributed by atoms with E-state index in [0.717, 1.165) is 11.3 Å². The molecule has 1 spiro atoms. The van der Waals surface area contributed by atoms with Crippen LogP contribution in [-0.2, 0) is 20.1 Å². The molecule has 0 radical (unpaired) electrons. The van der Waals surface area contributed by atoms with Crippen LogP contribution >= 0.6 is 11.8 Å². The van der Waals surface area contributed by atoms with Crippen LogP contribution in [0, 0.1) is 0 Å². The normalized spacial score (nSPS) is 33.4. The number of nitrogens with zero attached hydrogens (tertiary/aromatic N) is 1. The molecule has 2 atom stereocenters. The Kier molecular flexibility index (Phi) is 1.89. The van der Waals surface area contributed by atoms with Crippen LogP contribution in [0.2, 0.25) is 0 Å². The maximum atomic E-state index is 12.3. The molecule has 1 aromatic carbocycles. The van der Waals surface area contributed by atoms with Crippen molar-refractivity contribution in [1.29, 1.82) is 0 Å². The lowest BCUT2D eigenvalue weighted by Gasteiger charge is -2.28. The lowest BCUT2D eigenvalue weighted by Crippen LogP contribution is -2.48. The van der Waals surface area contributed by atoms with E-state index < -0.39 is 5.72 Å². The molecule has 0 saturated carbocycles. The van der Waals surface area contributed by atoms with Gasteiger partial charge in [-0.3, -0.25) is 9.59 Å². The summed E-state index contributed by atoms with van der Waals surface area (Å²) in [5.74, 6) is 0.766. The van der Waals surface area contributed by atoms with E-state index in [1.54, 1.807) is 11.8 Å². The molecule has 3 heterocycles. The van der Waals surface area contributed by atoms with Crippen molar-refractivity contribution in [3.8, 4) is 0 Å². The number of carbonyl (C=O) groups is 2. The molecule has 0 unspecified atom stereocenters. The number of anilines is 1. The molecular formula is C12H10N2O3S. The van der Waals surface area contributed by atoms with Crippen LogP contribution in [0.15, 0.2) is 24.3 Å². The van der Waals surface area contributed by atoms with E-state index in [1.807, 2.05) is 29.2 Å². The van der Waals surface area contributed by atoms with Crippen LogP contribution in [0.1, 0.15) is 5.56 Å². The van der Waals surface area contributed by atoms with Crippen LogP contribution in [0.3, 0.4) is 0 Å². The predicted octanol–water partition coefficient (Wildman–Crippen LogP) is 0.723. The quantitative estimate of drug-likeness (QED) is 0.698. The Labute approximate surface area is 107 Å². The molecular weight excluding hydrogens is 252 g/mol. The fourth-order valence-corrected chi connectivity index (χ4v) is 4.03. The number of carbonyl (C=O) groups excluding carboxylic acids is 2. The van der Waals surface area contributed by atoms with E-state index in [9.17, 15) is 9.59 Å². The summed E-state index contributed by atoms with van der Waals surface area (Å²) < 4.78 is 5.48. The lowest BCUT2D eigenvalue weighted by atomic mass is 10.0. The highest BCUT2D eigenvalue weighted by Crippen LogP contribution is 2.49. The predicted molar refractivity (Wildman–Crippen MR) is 65.8 cm³/mol. The summed E-state index contributed by atoms with van der Waals surface area (Å²) in [7, 11) is 0.